The number of anilines is 1. The van der Waals surface area contributed by atoms with E-state index in [2.05, 4.69) is 17.6 Å². The number of imide groups is 1. The van der Waals surface area contributed by atoms with Gasteiger partial charge in [0.2, 0.25) is 11.8 Å². The topological polar surface area (TPSA) is 71.4 Å². The van der Waals surface area contributed by atoms with Gasteiger partial charge in [0.15, 0.2) is 0 Å². The minimum absolute atomic E-state index is 0.107. The Morgan fingerprint density at radius 3 is 2.13 bits per heavy atom. The molecule has 152 valence electrons. The van der Waals surface area contributed by atoms with E-state index in [0.717, 1.165) is 17.8 Å². The molecule has 1 aromatic heterocycles. The van der Waals surface area contributed by atoms with Crippen LogP contribution in [0, 0.1) is 49.4 Å². The molecule has 6 nitrogen and oxygen atoms in total. The number of amides is 3. The normalized spacial score (nSPS) is 32.9. The molecule has 1 aliphatic heterocycles. The van der Waals surface area contributed by atoms with Gasteiger partial charge in [0.25, 0.3) is 5.91 Å². The Balaban J connectivity index is 1.30. The summed E-state index contributed by atoms with van der Waals surface area (Å²) in [5.74, 6) is 0.562. The van der Waals surface area contributed by atoms with Crippen molar-refractivity contribution in [3.05, 3.63) is 65.5 Å². The van der Waals surface area contributed by atoms with Crippen LogP contribution in [-0.2, 0) is 9.59 Å². The van der Waals surface area contributed by atoms with Crippen molar-refractivity contribution in [2.45, 2.75) is 20.3 Å². The SMILES string of the molecule is Cc1ccc(C)n1NC(=O)c1cccc(N2C(=O)[C@@H]3[C@H]4C=C[C@@H]([C@@H]5C[C@H]45)[C@H]3C2=O)c1. The fraction of sp³-hybridized carbons (Fsp3) is 0.375. The lowest BCUT2D eigenvalue weighted by Crippen LogP contribution is -2.40. The smallest absolute Gasteiger partial charge is 0.270 e. The maximum absolute atomic E-state index is 13.3. The first-order valence-electron chi connectivity index (χ1n) is 10.6. The van der Waals surface area contributed by atoms with E-state index in [9.17, 15) is 14.4 Å². The molecule has 2 heterocycles. The summed E-state index contributed by atoms with van der Waals surface area (Å²) in [6.07, 6.45) is 5.48. The Bertz CT molecular complexity index is 1090. The molecule has 0 radical (unpaired) electrons. The number of nitrogens with zero attached hydrogens (tertiary/aromatic N) is 2. The van der Waals surface area contributed by atoms with E-state index < -0.39 is 0 Å². The Morgan fingerprint density at radius 2 is 1.53 bits per heavy atom. The molecule has 6 heteroatoms. The van der Waals surface area contributed by atoms with Crippen LogP contribution in [0.3, 0.4) is 0 Å². The van der Waals surface area contributed by atoms with Gasteiger partial charge in [-0.25, -0.2) is 4.90 Å². The number of rotatable bonds is 3. The quantitative estimate of drug-likeness (QED) is 0.635. The average molecular weight is 401 g/mol. The molecular weight excluding hydrogens is 378 g/mol. The first-order valence-corrected chi connectivity index (χ1v) is 10.6. The summed E-state index contributed by atoms with van der Waals surface area (Å²) in [5, 5.41) is 0. The Hall–Kier alpha value is -3.15. The molecule has 1 aromatic carbocycles. The van der Waals surface area contributed by atoms with E-state index >= 15 is 0 Å². The number of aromatic nitrogens is 1. The fourth-order valence-electron chi connectivity index (χ4n) is 6.01. The lowest BCUT2D eigenvalue weighted by molar-refractivity contribution is -0.124. The van der Waals surface area contributed by atoms with E-state index in [1.54, 1.807) is 28.9 Å². The Labute approximate surface area is 174 Å². The minimum atomic E-state index is -0.279. The molecule has 2 aromatic rings. The second kappa shape index (κ2) is 5.94. The number of carbonyl (C=O) groups excluding carboxylic acids is 3. The summed E-state index contributed by atoms with van der Waals surface area (Å²) in [6, 6.07) is 10.7. The van der Waals surface area contributed by atoms with Crippen LogP contribution < -0.4 is 10.3 Å². The van der Waals surface area contributed by atoms with E-state index in [1.165, 1.54) is 4.90 Å². The summed E-state index contributed by atoms with van der Waals surface area (Å²) in [7, 11) is 0. The number of aryl methyl sites for hydroxylation is 2. The lowest BCUT2D eigenvalue weighted by Gasteiger charge is -2.37. The van der Waals surface area contributed by atoms with E-state index in [-0.39, 0.29) is 41.4 Å². The van der Waals surface area contributed by atoms with Crippen molar-refractivity contribution >= 4 is 23.4 Å². The number of hydrogen-bond acceptors (Lipinski definition) is 3. The molecule has 0 unspecified atom stereocenters. The molecule has 3 fully saturated rings. The highest BCUT2D eigenvalue weighted by Crippen LogP contribution is 2.65. The predicted molar refractivity (Wildman–Crippen MR) is 111 cm³/mol. The van der Waals surface area contributed by atoms with Crippen molar-refractivity contribution in [3.8, 4) is 0 Å². The number of nitrogens with one attached hydrogen (secondary N) is 1. The zero-order chi connectivity index (χ0) is 20.7. The van der Waals surface area contributed by atoms with Crippen LogP contribution in [0.15, 0.2) is 48.6 Å². The van der Waals surface area contributed by atoms with E-state index in [0.29, 0.717) is 23.1 Å². The highest BCUT2D eigenvalue weighted by molar-refractivity contribution is 6.23. The lowest BCUT2D eigenvalue weighted by atomic mass is 9.63. The number of hydrogen-bond donors (Lipinski definition) is 1. The summed E-state index contributed by atoms with van der Waals surface area (Å²) in [5.41, 5.74) is 5.63. The van der Waals surface area contributed by atoms with Gasteiger partial charge in [-0.1, -0.05) is 18.2 Å². The van der Waals surface area contributed by atoms with Gasteiger partial charge in [0.1, 0.15) is 0 Å². The van der Waals surface area contributed by atoms with E-state index in [4.69, 9.17) is 0 Å². The zero-order valence-electron chi connectivity index (χ0n) is 16.9. The summed E-state index contributed by atoms with van der Waals surface area (Å²) >= 11 is 0. The highest BCUT2D eigenvalue weighted by atomic mass is 16.2. The molecule has 2 bridgehead atoms. The van der Waals surface area contributed by atoms with Gasteiger partial charge in [0.05, 0.1) is 17.5 Å². The molecule has 7 rings (SSSR count). The van der Waals surface area contributed by atoms with Gasteiger partial charge in [0, 0.05) is 17.0 Å². The molecule has 6 atom stereocenters. The van der Waals surface area contributed by atoms with Gasteiger partial charge < -0.3 is 0 Å². The molecule has 1 saturated heterocycles. The predicted octanol–water partition coefficient (Wildman–Crippen LogP) is 3.05. The van der Waals surface area contributed by atoms with Crippen LogP contribution in [0.2, 0.25) is 0 Å². The van der Waals surface area contributed by atoms with Gasteiger partial charge in [-0.3, -0.25) is 24.5 Å². The monoisotopic (exact) mass is 401 g/mol. The minimum Gasteiger partial charge on any atom is -0.274 e. The number of benzene rings is 1. The van der Waals surface area contributed by atoms with Crippen LogP contribution in [-0.4, -0.2) is 22.4 Å². The van der Waals surface area contributed by atoms with Gasteiger partial charge >= 0.3 is 0 Å². The summed E-state index contributed by atoms with van der Waals surface area (Å²) < 4.78 is 1.73. The van der Waals surface area contributed by atoms with Crippen molar-refractivity contribution in [3.63, 3.8) is 0 Å². The van der Waals surface area contributed by atoms with Crippen molar-refractivity contribution < 1.29 is 14.4 Å². The Morgan fingerprint density at radius 1 is 0.933 bits per heavy atom. The molecule has 2 saturated carbocycles. The third-order valence-corrected chi connectivity index (χ3v) is 7.51. The van der Waals surface area contributed by atoms with Crippen molar-refractivity contribution in [1.82, 2.24) is 4.68 Å². The van der Waals surface area contributed by atoms with E-state index in [1.807, 2.05) is 26.0 Å². The van der Waals surface area contributed by atoms with Gasteiger partial charge in [-0.05, 0) is 74.3 Å². The second-order valence-electron chi connectivity index (χ2n) is 9.11. The van der Waals surface area contributed by atoms with Gasteiger partial charge in [-0.2, -0.15) is 0 Å². The van der Waals surface area contributed by atoms with Crippen LogP contribution in [0.4, 0.5) is 5.69 Å². The molecule has 4 aliphatic carbocycles. The summed E-state index contributed by atoms with van der Waals surface area (Å²) in [6.45, 7) is 3.83. The second-order valence-corrected chi connectivity index (χ2v) is 9.11. The molecule has 1 N–H and O–H groups in total. The van der Waals surface area contributed by atoms with Crippen LogP contribution in [0.25, 0.3) is 0 Å². The Kier molecular flexibility index (Phi) is 3.50. The van der Waals surface area contributed by atoms with Crippen molar-refractivity contribution in [2.24, 2.45) is 35.5 Å². The van der Waals surface area contributed by atoms with Crippen LogP contribution in [0.5, 0.6) is 0 Å². The molecule has 5 aliphatic rings. The maximum atomic E-state index is 13.3. The standard InChI is InChI=1S/C24H23N3O3/c1-12-6-7-13(2)27(12)25-22(28)14-4-3-5-15(10-14)26-23(29)20-16-8-9-17(19-11-18(16)19)21(20)24(26)30/h3-10,16-21H,11H2,1-2H3,(H,25,28)/t16-,17-,18-,19+,20+,21+/m0/s1. The number of carbonyl (C=O) groups is 3. The van der Waals surface area contributed by atoms with Crippen molar-refractivity contribution in [1.29, 1.82) is 0 Å². The fourth-order valence-corrected chi connectivity index (χ4v) is 6.01. The third-order valence-electron chi connectivity index (χ3n) is 7.51. The molecular formula is C24H23N3O3. The zero-order valence-corrected chi connectivity index (χ0v) is 16.9. The average Bonchev–Trinajstić information content (AvgIpc) is 3.46. The van der Waals surface area contributed by atoms with Gasteiger partial charge in [-0.15, -0.1) is 0 Å². The summed E-state index contributed by atoms with van der Waals surface area (Å²) in [4.78, 5) is 40.8. The first-order chi connectivity index (χ1) is 14.5. The maximum Gasteiger partial charge on any atom is 0.270 e. The molecule has 30 heavy (non-hydrogen) atoms. The van der Waals surface area contributed by atoms with Crippen LogP contribution in [0.1, 0.15) is 28.2 Å². The molecule has 3 amide bonds. The first kappa shape index (κ1) is 17.7. The largest absolute Gasteiger partial charge is 0.274 e. The van der Waals surface area contributed by atoms with Crippen molar-refractivity contribution in [2.75, 3.05) is 10.3 Å². The highest BCUT2D eigenvalue weighted by Gasteiger charge is 2.67. The van der Waals surface area contributed by atoms with Crippen LogP contribution >= 0.6 is 0 Å². The molecule has 0 spiro atoms. The number of allylic oxidation sites excluding steroid dienone is 2. The third kappa shape index (κ3) is 2.27.